The largest absolute Gasteiger partial charge is 0.512 e. The van der Waals surface area contributed by atoms with Crippen LogP contribution in [0.15, 0.2) is 32.6 Å². The zero-order valence-electron chi connectivity index (χ0n) is 14.0. The quantitative estimate of drug-likeness (QED) is 0.327. The van der Waals surface area contributed by atoms with Gasteiger partial charge in [-0.1, -0.05) is 0 Å². The third-order valence-electron chi connectivity index (χ3n) is 2.95. The van der Waals surface area contributed by atoms with Gasteiger partial charge in [0.1, 0.15) is 11.5 Å². The minimum Gasteiger partial charge on any atom is -0.512 e. The predicted molar refractivity (Wildman–Crippen MR) is 88.0 cm³/mol. The average Bonchev–Trinajstić information content (AvgIpc) is 2.32. The second-order valence-corrected chi connectivity index (χ2v) is 4.97. The number of aliphatic hydroxyl groups excluding tert-OH is 2. The molecule has 0 heterocycles. The molecule has 0 fully saturated rings. The monoisotopic (exact) mass is 308 g/mol. The van der Waals surface area contributed by atoms with Gasteiger partial charge in [-0.05, 0) is 41.5 Å². The Kier molecular flexibility index (Phi) is 8.01. The van der Waals surface area contributed by atoms with E-state index in [1.807, 2.05) is 0 Å². The first-order valence-corrected chi connectivity index (χ1v) is 6.94. The topological polar surface area (TPSA) is 99.3 Å². The number of nitrogens with zero attached hydrogens (tertiary/aromatic N) is 2. The second-order valence-electron chi connectivity index (χ2n) is 4.97. The van der Waals surface area contributed by atoms with Crippen LogP contribution in [0, 0.1) is 0 Å². The normalized spacial score (nSPS) is 15.2. The van der Waals surface area contributed by atoms with Crippen LogP contribution in [0.3, 0.4) is 0 Å². The second kappa shape index (κ2) is 8.92. The molecule has 0 aromatic rings. The fourth-order valence-electron chi connectivity index (χ4n) is 2.14. The fourth-order valence-corrected chi connectivity index (χ4v) is 2.14. The highest BCUT2D eigenvalue weighted by atomic mass is 16.3. The molecule has 2 N–H and O–H groups in total. The Balaban J connectivity index is 4.99. The van der Waals surface area contributed by atoms with Crippen LogP contribution in [0.1, 0.15) is 41.5 Å². The molecule has 0 radical (unpaired) electrons. The number of aliphatic imine (C=N–C) groups is 2. The van der Waals surface area contributed by atoms with Crippen molar-refractivity contribution in [3.05, 3.63) is 22.7 Å². The lowest BCUT2D eigenvalue weighted by Crippen LogP contribution is -2.12. The van der Waals surface area contributed by atoms with E-state index in [1.54, 1.807) is 13.8 Å². The molecule has 122 valence electrons. The highest BCUT2D eigenvalue weighted by Gasteiger charge is 2.12. The number of hydrogen-bond acceptors (Lipinski definition) is 6. The maximum absolute atomic E-state index is 11.4. The molecule has 22 heavy (non-hydrogen) atoms. The zero-order chi connectivity index (χ0) is 17.4. The molecule has 0 spiro atoms. The van der Waals surface area contributed by atoms with Gasteiger partial charge < -0.3 is 10.2 Å². The summed E-state index contributed by atoms with van der Waals surface area (Å²) < 4.78 is 0. The molecule has 6 heteroatoms. The average molecular weight is 308 g/mol. The van der Waals surface area contributed by atoms with E-state index < -0.39 is 0 Å². The summed E-state index contributed by atoms with van der Waals surface area (Å²) in [7, 11) is 0. The van der Waals surface area contributed by atoms with E-state index in [0.29, 0.717) is 24.5 Å². The third-order valence-corrected chi connectivity index (χ3v) is 2.95. The summed E-state index contributed by atoms with van der Waals surface area (Å²) in [6.45, 7) is 9.51. The number of rotatable bonds is 7. The van der Waals surface area contributed by atoms with Crippen LogP contribution in [-0.2, 0) is 9.59 Å². The summed E-state index contributed by atoms with van der Waals surface area (Å²) in [5.41, 5.74) is 1.30. The molecule has 0 rings (SSSR count). The minimum absolute atomic E-state index is 0.0638. The Bertz CT molecular complexity index is 521. The summed E-state index contributed by atoms with van der Waals surface area (Å²) in [5.74, 6) is -0.630. The molecule has 0 amide bonds. The van der Waals surface area contributed by atoms with Crippen LogP contribution in [0.25, 0.3) is 0 Å². The van der Waals surface area contributed by atoms with Crippen LogP contribution in [0.4, 0.5) is 0 Å². The Labute approximate surface area is 131 Å². The highest BCUT2D eigenvalue weighted by molar-refractivity contribution is 6.21. The van der Waals surface area contributed by atoms with Crippen LogP contribution in [-0.4, -0.2) is 46.3 Å². The van der Waals surface area contributed by atoms with Gasteiger partial charge in [0, 0.05) is 11.4 Å². The molecule has 0 bridgehead atoms. The first-order chi connectivity index (χ1) is 10.1. The van der Waals surface area contributed by atoms with Gasteiger partial charge in [0.05, 0.1) is 24.2 Å². The van der Waals surface area contributed by atoms with Crippen LogP contribution in [0.5, 0.6) is 0 Å². The highest BCUT2D eigenvalue weighted by Crippen LogP contribution is 2.07. The van der Waals surface area contributed by atoms with Crippen molar-refractivity contribution < 1.29 is 19.8 Å². The first-order valence-electron chi connectivity index (χ1n) is 6.94. The van der Waals surface area contributed by atoms with Crippen molar-refractivity contribution in [2.24, 2.45) is 9.98 Å². The summed E-state index contributed by atoms with van der Waals surface area (Å²) in [5, 5.41) is 18.9. The first kappa shape index (κ1) is 19.8. The molecule has 0 unspecified atom stereocenters. The lowest BCUT2D eigenvalue weighted by molar-refractivity contribution is -0.114. The Hall–Kier alpha value is -2.24. The number of ketones is 2. The molecular weight excluding hydrogens is 284 g/mol. The van der Waals surface area contributed by atoms with Crippen LogP contribution < -0.4 is 0 Å². The molecule has 0 saturated heterocycles. The maximum Gasteiger partial charge on any atom is 0.164 e. The van der Waals surface area contributed by atoms with Gasteiger partial charge in [0.2, 0.25) is 0 Å². The van der Waals surface area contributed by atoms with E-state index in [0.717, 1.165) is 0 Å². The van der Waals surface area contributed by atoms with Crippen LogP contribution in [0.2, 0.25) is 0 Å². The van der Waals surface area contributed by atoms with Crippen molar-refractivity contribution in [2.45, 2.75) is 41.5 Å². The van der Waals surface area contributed by atoms with Gasteiger partial charge in [-0.3, -0.25) is 19.6 Å². The van der Waals surface area contributed by atoms with Crippen molar-refractivity contribution in [1.82, 2.24) is 0 Å². The summed E-state index contributed by atoms with van der Waals surface area (Å²) >= 11 is 0. The van der Waals surface area contributed by atoms with Gasteiger partial charge >= 0.3 is 0 Å². The smallest absolute Gasteiger partial charge is 0.164 e. The van der Waals surface area contributed by atoms with Gasteiger partial charge in [-0.2, -0.15) is 0 Å². The lowest BCUT2D eigenvalue weighted by Gasteiger charge is -2.06. The third kappa shape index (κ3) is 6.03. The van der Waals surface area contributed by atoms with Crippen molar-refractivity contribution in [3.63, 3.8) is 0 Å². The molecule has 0 aromatic heterocycles. The van der Waals surface area contributed by atoms with E-state index in [-0.39, 0.29) is 34.2 Å². The molecular formula is C16H24N2O4. The molecule has 0 atom stereocenters. The van der Waals surface area contributed by atoms with E-state index in [9.17, 15) is 19.8 Å². The van der Waals surface area contributed by atoms with Crippen LogP contribution >= 0.6 is 0 Å². The number of aliphatic hydroxyl groups is 2. The lowest BCUT2D eigenvalue weighted by atomic mass is 10.1. The maximum atomic E-state index is 11.4. The predicted octanol–water partition coefficient (Wildman–Crippen LogP) is 2.75. The van der Waals surface area contributed by atoms with Crippen molar-refractivity contribution in [3.8, 4) is 0 Å². The summed E-state index contributed by atoms with van der Waals surface area (Å²) in [6.07, 6.45) is 0. The standard InChI is InChI=1S/C16H24N2O4/c1-9(15(11(3)19)12(4)20)17-7-8-18-10(2)16(13(5)21)14(6)22/h19,21H,7-8H2,1-6H3. The number of carbonyl (C=O) groups excluding carboxylic acids is 2. The van der Waals surface area contributed by atoms with Crippen molar-refractivity contribution >= 4 is 23.0 Å². The van der Waals surface area contributed by atoms with E-state index in [4.69, 9.17) is 0 Å². The zero-order valence-corrected chi connectivity index (χ0v) is 14.0. The molecule has 0 aliphatic rings. The fraction of sp³-hybridized carbons (Fsp3) is 0.500. The molecule has 0 aliphatic heterocycles. The van der Waals surface area contributed by atoms with Gasteiger partial charge in [0.15, 0.2) is 11.6 Å². The van der Waals surface area contributed by atoms with Crippen molar-refractivity contribution in [1.29, 1.82) is 0 Å². The van der Waals surface area contributed by atoms with Gasteiger partial charge in [0.25, 0.3) is 0 Å². The molecule has 0 saturated carbocycles. The summed E-state index contributed by atoms with van der Waals surface area (Å²) in [4.78, 5) is 31.2. The van der Waals surface area contributed by atoms with Gasteiger partial charge in [-0.25, -0.2) is 0 Å². The van der Waals surface area contributed by atoms with E-state index in [2.05, 4.69) is 9.98 Å². The Morgan fingerprint density at radius 3 is 1.14 bits per heavy atom. The summed E-state index contributed by atoms with van der Waals surface area (Å²) in [6, 6.07) is 0. The SMILES string of the molecule is CC(=O)C(C(C)=NCCN=C(C)C(C(C)=O)=C(C)O)=C(C)O. The number of hydrogen-bond donors (Lipinski definition) is 2. The molecule has 6 nitrogen and oxygen atoms in total. The number of allylic oxidation sites excluding steroid dienone is 4. The van der Waals surface area contributed by atoms with Crippen molar-refractivity contribution in [2.75, 3.05) is 13.1 Å². The van der Waals surface area contributed by atoms with E-state index >= 15 is 0 Å². The minimum atomic E-state index is -0.251. The molecule has 0 aromatic carbocycles. The van der Waals surface area contributed by atoms with E-state index in [1.165, 1.54) is 27.7 Å². The number of Topliss-reactive ketones (excluding diaryl/α,β-unsaturated/α-hetero) is 2. The Morgan fingerprint density at radius 2 is 0.955 bits per heavy atom. The molecule has 0 aliphatic carbocycles. The number of carbonyl (C=O) groups is 2. The Morgan fingerprint density at radius 1 is 0.682 bits per heavy atom. The van der Waals surface area contributed by atoms with Gasteiger partial charge in [-0.15, -0.1) is 0 Å².